The van der Waals surface area contributed by atoms with Crippen molar-refractivity contribution in [3.8, 4) is 16.8 Å². The Morgan fingerprint density at radius 1 is 1.09 bits per heavy atom. The van der Waals surface area contributed by atoms with Crippen LogP contribution in [0.4, 0.5) is 31.1 Å². The third-order valence-electron chi connectivity index (χ3n) is 9.09. The number of alkyl carbamates (subject to hydrolysis) is 1. The van der Waals surface area contributed by atoms with Gasteiger partial charge in [0.1, 0.15) is 42.2 Å². The average molecular weight is 842 g/mol. The molecule has 12 nitrogen and oxygen atoms in total. The number of carbonyl (C=O) groups excluding carboxylic acids is 2. The lowest BCUT2D eigenvalue weighted by molar-refractivity contribution is -0.164. The van der Waals surface area contributed by atoms with E-state index in [4.69, 9.17) is 22.1 Å². The van der Waals surface area contributed by atoms with Gasteiger partial charge in [-0.2, -0.15) is 18.3 Å². The predicted molar refractivity (Wildman–Crippen MR) is 198 cm³/mol. The summed E-state index contributed by atoms with van der Waals surface area (Å²) in [6.45, 7) is 4.69. The summed E-state index contributed by atoms with van der Waals surface area (Å²) in [6.07, 6.45) is -7.49. The van der Waals surface area contributed by atoms with Crippen LogP contribution in [-0.4, -0.2) is 66.1 Å². The van der Waals surface area contributed by atoms with E-state index < -0.39 is 75.3 Å². The van der Waals surface area contributed by atoms with E-state index in [0.717, 1.165) is 23.3 Å². The summed E-state index contributed by atoms with van der Waals surface area (Å²) in [6, 6.07) is 12.1. The number of carbonyl (C=O) groups is 2. The number of ether oxygens (including phenoxy) is 1. The van der Waals surface area contributed by atoms with Crippen LogP contribution in [0.5, 0.6) is 0 Å². The Kier molecular flexibility index (Phi) is 12.1. The predicted octanol–water partition coefficient (Wildman–Crippen LogP) is 7.37. The molecule has 1 aromatic heterocycles. The van der Waals surface area contributed by atoms with Crippen LogP contribution in [0.1, 0.15) is 69.5 Å². The van der Waals surface area contributed by atoms with E-state index in [9.17, 15) is 40.0 Å². The van der Waals surface area contributed by atoms with Crippen molar-refractivity contribution in [1.82, 2.24) is 25.4 Å². The van der Waals surface area contributed by atoms with Crippen LogP contribution in [0.15, 0.2) is 76.9 Å². The molecule has 0 radical (unpaired) electrons. The Bertz CT molecular complexity index is 2280. The molecule has 57 heavy (non-hydrogen) atoms. The van der Waals surface area contributed by atoms with Gasteiger partial charge in [-0.05, 0) is 71.7 Å². The highest BCUT2D eigenvalue weighted by Crippen LogP contribution is 2.49. The summed E-state index contributed by atoms with van der Waals surface area (Å²) >= 11 is 6.35. The molecule has 1 fully saturated rings. The molecule has 4 aromatic rings. The van der Waals surface area contributed by atoms with Gasteiger partial charge in [-0.25, -0.2) is 41.0 Å². The summed E-state index contributed by atoms with van der Waals surface area (Å²) in [5, 5.41) is 8.47. The number of halogens is 7. The minimum Gasteiger partial charge on any atom is -0.447 e. The lowest BCUT2D eigenvalue weighted by Crippen LogP contribution is -2.52. The zero-order valence-corrected chi connectivity index (χ0v) is 32.4. The number of hydrogen-bond donors (Lipinski definition) is 3. The number of amides is 1. The number of rotatable bonds is 13. The largest absolute Gasteiger partial charge is 0.447 e. The zero-order chi connectivity index (χ0) is 42.1. The zero-order valence-electron chi connectivity index (χ0n) is 30.9. The van der Waals surface area contributed by atoms with Gasteiger partial charge < -0.3 is 25.9 Å². The van der Waals surface area contributed by atoms with Crippen molar-refractivity contribution in [1.29, 1.82) is 0 Å². The number of alkyl halides is 5. The van der Waals surface area contributed by atoms with Gasteiger partial charge in [-0.3, -0.25) is 0 Å². The molecule has 0 bridgehead atoms. The van der Waals surface area contributed by atoms with Crippen molar-refractivity contribution in [3.05, 3.63) is 94.8 Å². The van der Waals surface area contributed by atoms with Crippen LogP contribution in [0.25, 0.3) is 16.8 Å². The number of nitrogens with one attached hydrogen (secondary N) is 2. The molecule has 3 aromatic carbocycles. The number of aliphatic imine (C=N–C) groups is 1. The Morgan fingerprint density at radius 2 is 1.75 bits per heavy atom. The monoisotopic (exact) mass is 841 g/mol. The first kappa shape index (κ1) is 43.0. The second-order valence-corrected chi connectivity index (χ2v) is 17.2. The molecule has 5 rings (SSSR count). The van der Waals surface area contributed by atoms with E-state index in [0.29, 0.717) is 11.8 Å². The maximum atomic E-state index is 15.9. The number of sulfone groups is 1. The molecule has 1 saturated carbocycles. The Morgan fingerprint density at radius 3 is 2.30 bits per heavy atom. The van der Waals surface area contributed by atoms with Gasteiger partial charge in [0, 0.05) is 11.8 Å². The molecule has 1 aliphatic rings. The lowest BCUT2D eigenvalue weighted by atomic mass is 9.76. The summed E-state index contributed by atoms with van der Waals surface area (Å²) in [5.41, 5.74) is 2.20. The van der Waals surface area contributed by atoms with Crippen LogP contribution in [0.3, 0.4) is 0 Å². The summed E-state index contributed by atoms with van der Waals surface area (Å²) < 4.78 is 114. The van der Waals surface area contributed by atoms with Crippen LogP contribution in [0.2, 0.25) is 5.02 Å². The third-order valence-corrected chi connectivity index (χ3v) is 10.5. The fourth-order valence-electron chi connectivity index (χ4n) is 6.21. The Hall–Kier alpha value is -5.17. The maximum Gasteiger partial charge on any atom is 0.411 e. The van der Waals surface area contributed by atoms with Crippen molar-refractivity contribution < 1.29 is 49.1 Å². The number of aldehydes is 1. The first-order valence-corrected chi connectivity index (χ1v) is 19.4. The summed E-state index contributed by atoms with van der Waals surface area (Å²) in [7, 11) is -3.51. The molecule has 2 atom stereocenters. The van der Waals surface area contributed by atoms with Gasteiger partial charge in [0.2, 0.25) is 0 Å². The van der Waals surface area contributed by atoms with E-state index in [2.05, 4.69) is 20.4 Å². The van der Waals surface area contributed by atoms with Gasteiger partial charge in [0.25, 0.3) is 6.43 Å². The van der Waals surface area contributed by atoms with E-state index in [1.165, 1.54) is 54.6 Å². The second-order valence-electron chi connectivity index (χ2n) is 14.8. The molecule has 4 N–H and O–H groups in total. The van der Waals surface area contributed by atoms with Gasteiger partial charge in [-0.1, -0.05) is 62.7 Å². The molecular weight excluding hydrogens is 804 g/mol. The van der Waals surface area contributed by atoms with Crippen molar-refractivity contribution in [2.75, 3.05) is 12.9 Å². The summed E-state index contributed by atoms with van der Waals surface area (Å²) in [4.78, 5) is 33.8. The molecule has 306 valence electrons. The molecule has 0 saturated heterocycles. The quantitative estimate of drug-likeness (QED) is 0.0539. The first-order valence-electron chi connectivity index (χ1n) is 17.2. The second kappa shape index (κ2) is 16.0. The van der Waals surface area contributed by atoms with Crippen molar-refractivity contribution in [2.24, 2.45) is 16.1 Å². The molecule has 1 unspecified atom stereocenters. The van der Waals surface area contributed by atoms with Crippen molar-refractivity contribution >= 4 is 39.8 Å². The van der Waals surface area contributed by atoms with Crippen LogP contribution in [-0.2, 0) is 24.9 Å². The van der Waals surface area contributed by atoms with Crippen molar-refractivity contribution in [2.45, 2.75) is 74.7 Å². The first-order chi connectivity index (χ1) is 26.5. The highest BCUT2D eigenvalue weighted by Gasteiger charge is 2.64. The topological polar surface area (TPSA) is 171 Å². The fraction of sp³-hybridized carbons (Fsp3) is 0.378. The number of nitrogens with zero attached hydrogens (tertiary/aromatic N) is 4. The number of aromatic nitrogens is 3. The minimum absolute atomic E-state index is 0.0124. The van der Waals surface area contributed by atoms with E-state index >= 15 is 4.39 Å². The number of benzene rings is 3. The standard InChI is InChI=1S/C37H38ClF6N7O5S/c1-34(2,3)18-35(19-52,23-8-11-25(27(39)16-23)21-5-9-24(10-6-21)57(4,54)55)49-32(45)48-28(17-56-33(53)50-36(13-14-36)37(42,43)44)22-7-12-26(38)29(15-22)51-31(30(40)41)46-20-47-51/h5-12,15-16,19-20,28,30H,13-14,17-18H2,1-4H3,(H,50,53)(H3,45,48,49)/t28-,35?/m1/s1. The average Bonchev–Trinajstić information content (AvgIpc) is 3.74. The fourth-order valence-corrected chi connectivity index (χ4v) is 7.04. The SMILES string of the molecule is CC(C)(C)CC(C=O)(NC(N)=N[C@H](COC(=O)NC1(C(F)(F)F)CC1)c1ccc(Cl)c(-n2ncnc2C(F)F)c1)c1ccc(-c2ccc(S(C)(=O)=O)cc2)c(F)c1. The maximum absolute atomic E-state index is 15.9. The molecular formula is C37H38ClF6N7O5S. The van der Waals surface area contributed by atoms with Crippen LogP contribution >= 0.6 is 11.6 Å². The van der Waals surface area contributed by atoms with Crippen LogP contribution < -0.4 is 16.4 Å². The minimum atomic E-state index is -4.74. The highest BCUT2D eigenvalue weighted by atomic mass is 35.5. The van der Waals surface area contributed by atoms with Crippen LogP contribution in [0, 0.1) is 11.2 Å². The molecule has 1 aliphatic carbocycles. The van der Waals surface area contributed by atoms with Gasteiger partial charge >= 0.3 is 12.3 Å². The number of nitrogens with two attached hydrogens (primary N) is 1. The molecule has 1 heterocycles. The summed E-state index contributed by atoms with van der Waals surface area (Å²) in [5.74, 6) is -1.97. The van der Waals surface area contributed by atoms with Gasteiger partial charge in [0.05, 0.1) is 15.6 Å². The van der Waals surface area contributed by atoms with Gasteiger partial charge in [-0.15, -0.1) is 0 Å². The molecule has 0 spiro atoms. The van der Waals surface area contributed by atoms with E-state index in [-0.39, 0.29) is 51.6 Å². The molecule has 1 amide bonds. The smallest absolute Gasteiger partial charge is 0.411 e. The Balaban J connectivity index is 1.53. The lowest BCUT2D eigenvalue weighted by Gasteiger charge is -2.36. The number of guanidine groups is 1. The Labute approximate surface area is 328 Å². The molecule has 20 heteroatoms. The van der Waals surface area contributed by atoms with Gasteiger partial charge in [0.15, 0.2) is 21.6 Å². The third kappa shape index (κ3) is 9.87. The molecule has 0 aliphatic heterocycles. The van der Waals surface area contributed by atoms with E-state index in [1.807, 2.05) is 26.1 Å². The van der Waals surface area contributed by atoms with Crippen molar-refractivity contribution in [3.63, 3.8) is 0 Å². The number of hydrogen-bond acceptors (Lipinski definition) is 8. The highest BCUT2D eigenvalue weighted by molar-refractivity contribution is 7.90. The van der Waals surface area contributed by atoms with E-state index in [1.54, 1.807) is 0 Å². The normalized spacial score (nSPS) is 16.1.